The van der Waals surface area contributed by atoms with Crippen LogP contribution in [0.1, 0.15) is 11.1 Å². The number of halogens is 1. The summed E-state index contributed by atoms with van der Waals surface area (Å²) in [7, 11) is -3.65. The van der Waals surface area contributed by atoms with Gasteiger partial charge in [0.05, 0.1) is 17.7 Å². The highest BCUT2D eigenvalue weighted by atomic mass is 35.5. The van der Waals surface area contributed by atoms with Gasteiger partial charge >= 0.3 is 0 Å². The van der Waals surface area contributed by atoms with Gasteiger partial charge in [0, 0.05) is 23.3 Å². The van der Waals surface area contributed by atoms with Crippen LogP contribution in [0.15, 0.2) is 35.5 Å². The Morgan fingerprint density at radius 2 is 2.21 bits per heavy atom. The highest BCUT2D eigenvalue weighted by Crippen LogP contribution is 2.20. The van der Waals surface area contributed by atoms with Crippen LogP contribution in [0, 0.1) is 0 Å². The van der Waals surface area contributed by atoms with Crippen molar-refractivity contribution < 1.29 is 13.5 Å². The second-order valence-electron chi connectivity index (χ2n) is 3.84. The number of nitrogens with one attached hydrogen (secondary N) is 2. The van der Waals surface area contributed by atoms with Crippen molar-refractivity contribution >= 4 is 21.6 Å². The highest BCUT2D eigenvalue weighted by Gasteiger charge is 2.15. The molecule has 0 bridgehead atoms. The molecule has 0 aliphatic heterocycles. The SMILES string of the molecule is O=S(=O)(NCc1cn[nH]c1)c1ccc(Cl)c(CO)c1. The molecule has 2 aromatic rings. The Morgan fingerprint density at radius 3 is 2.84 bits per heavy atom. The third-order valence-corrected chi connectivity index (χ3v) is 4.29. The molecular formula is C11H12ClN3O3S. The first-order valence-corrected chi connectivity index (χ1v) is 7.25. The molecule has 1 aromatic carbocycles. The molecule has 0 saturated heterocycles. The molecule has 1 heterocycles. The van der Waals surface area contributed by atoms with Gasteiger partial charge in [0.15, 0.2) is 0 Å². The second-order valence-corrected chi connectivity index (χ2v) is 6.02. The van der Waals surface area contributed by atoms with E-state index < -0.39 is 10.0 Å². The molecule has 0 radical (unpaired) electrons. The van der Waals surface area contributed by atoms with Gasteiger partial charge in [0.1, 0.15) is 0 Å². The first kappa shape index (κ1) is 14.0. The maximum Gasteiger partial charge on any atom is 0.240 e. The molecule has 0 aliphatic rings. The van der Waals surface area contributed by atoms with E-state index in [-0.39, 0.29) is 18.0 Å². The third-order valence-electron chi connectivity index (χ3n) is 2.52. The predicted molar refractivity (Wildman–Crippen MR) is 70.0 cm³/mol. The normalized spacial score (nSPS) is 11.7. The molecule has 0 unspecified atom stereocenters. The van der Waals surface area contributed by atoms with Crippen molar-refractivity contribution in [1.82, 2.24) is 14.9 Å². The summed E-state index contributed by atoms with van der Waals surface area (Å²) in [6.45, 7) is -0.181. The molecule has 2 rings (SSSR count). The van der Waals surface area contributed by atoms with E-state index in [0.717, 1.165) is 5.56 Å². The van der Waals surface area contributed by atoms with Crippen molar-refractivity contribution in [3.05, 3.63) is 46.7 Å². The maximum absolute atomic E-state index is 12.0. The standard InChI is InChI=1S/C11H12ClN3O3S/c12-11-2-1-10(3-9(11)7-16)19(17,18)15-6-8-4-13-14-5-8/h1-5,15-16H,6-7H2,(H,13,14). The van der Waals surface area contributed by atoms with Crippen LogP contribution in [0.25, 0.3) is 0 Å². The summed E-state index contributed by atoms with van der Waals surface area (Å²) < 4.78 is 26.5. The zero-order valence-corrected chi connectivity index (χ0v) is 11.4. The van der Waals surface area contributed by atoms with Gasteiger partial charge in [0.2, 0.25) is 10.0 Å². The second kappa shape index (κ2) is 5.70. The number of aliphatic hydroxyl groups is 1. The van der Waals surface area contributed by atoms with Gasteiger partial charge in [-0.15, -0.1) is 0 Å². The lowest BCUT2D eigenvalue weighted by Gasteiger charge is -2.08. The lowest BCUT2D eigenvalue weighted by Crippen LogP contribution is -2.23. The van der Waals surface area contributed by atoms with Crippen LogP contribution >= 0.6 is 11.6 Å². The van der Waals surface area contributed by atoms with E-state index in [1.54, 1.807) is 6.20 Å². The van der Waals surface area contributed by atoms with Crippen molar-refractivity contribution in [2.45, 2.75) is 18.0 Å². The van der Waals surface area contributed by atoms with Crippen LogP contribution in [0.5, 0.6) is 0 Å². The fourth-order valence-electron chi connectivity index (χ4n) is 1.48. The number of aliphatic hydroxyl groups excluding tert-OH is 1. The Labute approximate surface area is 115 Å². The van der Waals surface area contributed by atoms with E-state index in [1.807, 2.05) is 0 Å². The van der Waals surface area contributed by atoms with Gasteiger partial charge in [-0.1, -0.05) is 11.6 Å². The van der Waals surface area contributed by atoms with E-state index in [9.17, 15) is 8.42 Å². The van der Waals surface area contributed by atoms with Crippen molar-refractivity contribution in [2.24, 2.45) is 0 Å². The van der Waals surface area contributed by atoms with Crippen molar-refractivity contribution in [3.8, 4) is 0 Å². The Kier molecular flexibility index (Phi) is 4.20. The molecular weight excluding hydrogens is 290 g/mol. The molecule has 0 aliphatic carbocycles. The predicted octanol–water partition coefficient (Wildman–Crippen LogP) is 1.03. The molecule has 0 saturated carbocycles. The summed E-state index contributed by atoms with van der Waals surface area (Å²) in [5, 5.41) is 15.7. The maximum atomic E-state index is 12.0. The summed E-state index contributed by atoms with van der Waals surface area (Å²) in [6, 6.07) is 4.18. The summed E-state index contributed by atoms with van der Waals surface area (Å²) in [5.74, 6) is 0. The highest BCUT2D eigenvalue weighted by molar-refractivity contribution is 7.89. The summed E-state index contributed by atoms with van der Waals surface area (Å²) >= 11 is 5.82. The lowest BCUT2D eigenvalue weighted by molar-refractivity contribution is 0.281. The fraction of sp³-hybridized carbons (Fsp3) is 0.182. The number of benzene rings is 1. The zero-order chi connectivity index (χ0) is 13.9. The number of sulfonamides is 1. The van der Waals surface area contributed by atoms with Crippen molar-refractivity contribution in [1.29, 1.82) is 0 Å². The van der Waals surface area contributed by atoms with Crippen LogP contribution in [0.2, 0.25) is 5.02 Å². The number of hydrogen-bond donors (Lipinski definition) is 3. The van der Waals surface area contributed by atoms with Gasteiger partial charge in [-0.25, -0.2) is 13.1 Å². The summed E-state index contributed by atoms with van der Waals surface area (Å²) in [5.41, 5.74) is 1.09. The first-order valence-electron chi connectivity index (χ1n) is 5.39. The van der Waals surface area contributed by atoms with Crippen molar-refractivity contribution in [2.75, 3.05) is 0 Å². The molecule has 1 aromatic heterocycles. The monoisotopic (exact) mass is 301 g/mol. The van der Waals surface area contributed by atoms with Gasteiger partial charge < -0.3 is 5.11 Å². The Bertz CT molecular complexity index is 656. The minimum Gasteiger partial charge on any atom is -0.392 e. The van der Waals surface area contributed by atoms with Gasteiger partial charge in [-0.05, 0) is 23.8 Å². The number of aromatic nitrogens is 2. The van der Waals surface area contributed by atoms with E-state index in [2.05, 4.69) is 14.9 Å². The number of rotatable bonds is 5. The molecule has 3 N–H and O–H groups in total. The quantitative estimate of drug-likeness (QED) is 0.769. The van der Waals surface area contributed by atoms with E-state index in [0.29, 0.717) is 10.6 Å². The van der Waals surface area contributed by atoms with Crippen LogP contribution in [0.3, 0.4) is 0 Å². The number of nitrogens with zero attached hydrogens (tertiary/aromatic N) is 1. The molecule has 6 nitrogen and oxygen atoms in total. The molecule has 0 amide bonds. The van der Waals surface area contributed by atoms with Gasteiger partial charge in [-0.2, -0.15) is 5.10 Å². The Morgan fingerprint density at radius 1 is 1.42 bits per heavy atom. The van der Waals surface area contributed by atoms with E-state index in [1.165, 1.54) is 24.4 Å². The Balaban J connectivity index is 2.19. The first-order chi connectivity index (χ1) is 9.03. The topological polar surface area (TPSA) is 95.1 Å². The smallest absolute Gasteiger partial charge is 0.240 e. The number of H-pyrrole nitrogens is 1. The average Bonchev–Trinajstić information content (AvgIpc) is 2.90. The van der Waals surface area contributed by atoms with E-state index in [4.69, 9.17) is 16.7 Å². The van der Waals surface area contributed by atoms with Crippen LogP contribution in [-0.2, 0) is 23.2 Å². The number of aromatic amines is 1. The van der Waals surface area contributed by atoms with Crippen LogP contribution in [0.4, 0.5) is 0 Å². The van der Waals surface area contributed by atoms with Gasteiger partial charge in [0.25, 0.3) is 0 Å². The minimum atomic E-state index is -3.65. The molecule has 0 spiro atoms. The fourth-order valence-corrected chi connectivity index (χ4v) is 2.72. The largest absolute Gasteiger partial charge is 0.392 e. The summed E-state index contributed by atoms with van der Waals surface area (Å²) in [4.78, 5) is 0.0597. The van der Waals surface area contributed by atoms with Crippen molar-refractivity contribution in [3.63, 3.8) is 0 Å². The molecule has 0 atom stereocenters. The number of hydrogen-bond acceptors (Lipinski definition) is 4. The lowest BCUT2D eigenvalue weighted by atomic mass is 10.2. The zero-order valence-electron chi connectivity index (χ0n) is 9.80. The molecule has 102 valence electrons. The van der Waals surface area contributed by atoms with Gasteiger partial charge in [-0.3, -0.25) is 5.10 Å². The molecule has 8 heteroatoms. The van der Waals surface area contributed by atoms with E-state index >= 15 is 0 Å². The van der Waals surface area contributed by atoms with Crippen LogP contribution < -0.4 is 4.72 Å². The molecule has 19 heavy (non-hydrogen) atoms. The molecule has 0 fully saturated rings. The average molecular weight is 302 g/mol. The van der Waals surface area contributed by atoms with Crippen LogP contribution in [-0.4, -0.2) is 23.7 Å². The minimum absolute atomic E-state index is 0.0597. The summed E-state index contributed by atoms with van der Waals surface area (Å²) in [6.07, 6.45) is 3.13. The third kappa shape index (κ3) is 3.32. The Hall–Kier alpha value is -1.41.